The quantitative estimate of drug-likeness (QED) is 0.903. The smallest absolute Gasteiger partial charge is 0.0967 e. The number of nitrogens with zero attached hydrogens (tertiary/aromatic N) is 1. The molecule has 0 radical (unpaired) electrons. The zero-order valence-corrected chi connectivity index (χ0v) is 12.8. The van der Waals surface area contributed by atoms with Crippen LogP contribution < -0.4 is 5.32 Å². The van der Waals surface area contributed by atoms with Gasteiger partial charge < -0.3 is 10.4 Å². The predicted molar refractivity (Wildman–Crippen MR) is 81.7 cm³/mol. The molecule has 1 unspecified atom stereocenters. The molecule has 0 bridgehead atoms. The van der Waals surface area contributed by atoms with E-state index < -0.39 is 5.60 Å². The fourth-order valence-electron chi connectivity index (χ4n) is 1.84. The van der Waals surface area contributed by atoms with Crippen LogP contribution in [0.1, 0.15) is 32.7 Å². The number of nitrogens with one attached hydrogen (secondary N) is 1. The highest BCUT2D eigenvalue weighted by atomic mass is 32.1. The molecule has 1 aromatic carbocycles. The van der Waals surface area contributed by atoms with E-state index in [0.717, 1.165) is 10.5 Å². The number of thiazole rings is 1. The minimum Gasteiger partial charge on any atom is -0.388 e. The molecule has 0 spiro atoms. The predicted octanol–water partition coefficient (Wildman–Crippen LogP) is 2.98. The van der Waals surface area contributed by atoms with E-state index in [-0.39, 0.29) is 5.54 Å². The standard InChI is InChI=1S/C15H22N2OS/c1-14(2,3)16-10-15(4,18)9-13-17-11-7-5-6-8-12(11)19-13/h5-8,16,18H,9-10H2,1-4H3. The molecular weight excluding hydrogens is 256 g/mol. The number of β-amino-alcohol motifs (C(OH)–C–C–N with tert-alkyl or cyclic N) is 1. The van der Waals surface area contributed by atoms with Gasteiger partial charge in [0.05, 0.1) is 20.8 Å². The van der Waals surface area contributed by atoms with Crippen molar-refractivity contribution in [2.75, 3.05) is 6.54 Å². The maximum Gasteiger partial charge on any atom is 0.0967 e. The van der Waals surface area contributed by atoms with Crippen LogP contribution in [-0.4, -0.2) is 27.8 Å². The van der Waals surface area contributed by atoms with Crippen LogP contribution in [0.3, 0.4) is 0 Å². The molecule has 1 atom stereocenters. The molecule has 0 saturated carbocycles. The van der Waals surface area contributed by atoms with E-state index in [0.29, 0.717) is 13.0 Å². The number of rotatable bonds is 4. The molecule has 0 fully saturated rings. The minimum absolute atomic E-state index is 0.0115. The second-order valence-corrected chi connectivity index (χ2v) is 7.47. The molecule has 104 valence electrons. The van der Waals surface area contributed by atoms with Crippen molar-refractivity contribution in [2.24, 2.45) is 0 Å². The van der Waals surface area contributed by atoms with Crippen LogP contribution in [0.5, 0.6) is 0 Å². The molecule has 3 nitrogen and oxygen atoms in total. The van der Waals surface area contributed by atoms with Gasteiger partial charge >= 0.3 is 0 Å². The van der Waals surface area contributed by atoms with Gasteiger partial charge in [0.1, 0.15) is 0 Å². The number of hydrogen-bond acceptors (Lipinski definition) is 4. The minimum atomic E-state index is -0.777. The first-order valence-electron chi connectivity index (χ1n) is 6.57. The van der Waals surface area contributed by atoms with Gasteiger partial charge in [-0.3, -0.25) is 0 Å². The van der Waals surface area contributed by atoms with Gasteiger partial charge in [-0.2, -0.15) is 0 Å². The van der Waals surface area contributed by atoms with Crippen molar-refractivity contribution < 1.29 is 5.11 Å². The molecule has 2 N–H and O–H groups in total. The molecule has 1 aromatic heterocycles. The first-order valence-corrected chi connectivity index (χ1v) is 7.39. The fraction of sp³-hybridized carbons (Fsp3) is 0.533. The second kappa shape index (κ2) is 5.19. The Morgan fingerprint density at radius 2 is 1.89 bits per heavy atom. The number of hydrogen-bond donors (Lipinski definition) is 2. The second-order valence-electron chi connectivity index (χ2n) is 6.35. The summed E-state index contributed by atoms with van der Waals surface area (Å²) < 4.78 is 1.18. The topological polar surface area (TPSA) is 45.1 Å². The maximum absolute atomic E-state index is 10.5. The first-order chi connectivity index (χ1) is 8.75. The molecule has 0 aliphatic heterocycles. The van der Waals surface area contributed by atoms with Crippen molar-refractivity contribution in [2.45, 2.75) is 45.3 Å². The van der Waals surface area contributed by atoms with Crippen LogP contribution in [0.15, 0.2) is 24.3 Å². The number of para-hydroxylation sites is 1. The van der Waals surface area contributed by atoms with E-state index >= 15 is 0 Å². The molecule has 4 heteroatoms. The molecule has 2 rings (SSSR count). The average molecular weight is 278 g/mol. The van der Waals surface area contributed by atoms with Crippen LogP contribution in [-0.2, 0) is 6.42 Å². The average Bonchev–Trinajstić information content (AvgIpc) is 2.66. The van der Waals surface area contributed by atoms with Gasteiger partial charge in [-0.15, -0.1) is 11.3 Å². The molecule has 1 heterocycles. The number of aliphatic hydroxyl groups is 1. The zero-order chi connectivity index (χ0) is 14.1. The molecule has 0 aliphatic rings. The lowest BCUT2D eigenvalue weighted by atomic mass is 10.0. The van der Waals surface area contributed by atoms with Gasteiger partial charge in [0.25, 0.3) is 0 Å². The third-order valence-electron chi connectivity index (χ3n) is 2.87. The van der Waals surface area contributed by atoms with Crippen LogP contribution in [0, 0.1) is 0 Å². The van der Waals surface area contributed by atoms with Gasteiger partial charge in [0, 0.05) is 18.5 Å². The molecule has 19 heavy (non-hydrogen) atoms. The van der Waals surface area contributed by atoms with Gasteiger partial charge in [-0.1, -0.05) is 12.1 Å². The first kappa shape index (κ1) is 14.4. The van der Waals surface area contributed by atoms with Gasteiger partial charge in [-0.05, 0) is 39.8 Å². The van der Waals surface area contributed by atoms with E-state index in [1.54, 1.807) is 11.3 Å². The van der Waals surface area contributed by atoms with Gasteiger partial charge in [0.2, 0.25) is 0 Å². The summed E-state index contributed by atoms with van der Waals surface area (Å²) >= 11 is 1.66. The van der Waals surface area contributed by atoms with Gasteiger partial charge in [-0.25, -0.2) is 4.98 Å². The fourth-order valence-corrected chi connectivity index (χ4v) is 2.99. The molecular formula is C15H22N2OS. The normalized spacial score (nSPS) is 15.6. The van der Waals surface area contributed by atoms with E-state index in [2.05, 4.69) is 37.1 Å². The molecule has 2 aromatic rings. The third kappa shape index (κ3) is 4.27. The molecule has 0 amide bonds. The van der Waals surface area contributed by atoms with Crippen molar-refractivity contribution >= 4 is 21.6 Å². The Morgan fingerprint density at radius 3 is 2.53 bits per heavy atom. The lowest BCUT2D eigenvalue weighted by Crippen LogP contribution is -2.47. The lowest BCUT2D eigenvalue weighted by molar-refractivity contribution is 0.0535. The van der Waals surface area contributed by atoms with Crippen molar-refractivity contribution in [3.63, 3.8) is 0 Å². The Kier molecular flexibility index (Phi) is 3.95. The number of fused-ring (bicyclic) bond motifs is 1. The Morgan fingerprint density at radius 1 is 1.21 bits per heavy atom. The van der Waals surface area contributed by atoms with Crippen molar-refractivity contribution in [1.82, 2.24) is 10.3 Å². The SMILES string of the molecule is CC(O)(CNC(C)(C)C)Cc1nc2ccccc2s1. The van der Waals surface area contributed by atoms with Crippen molar-refractivity contribution in [1.29, 1.82) is 0 Å². The van der Waals surface area contributed by atoms with Crippen LogP contribution >= 0.6 is 11.3 Å². The summed E-state index contributed by atoms with van der Waals surface area (Å²) in [5.74, 6) is 0. The van der Waals surface area contributed by atoms with E-state index in [1.165, 1.54) is 4.70 Å². The summed E-state index contributed by atoms with van der Waals surface area (Å²) in [5.41, 5.74) is 0.251. The highest BCUT2D eigenvalue weighted by Gasteiger charge is 2.25. The Bertz CT molecular complexity index is 522. The summed E-state index contributed by atoms with van der Waals surface area (Å²) in [6.45, 7) is 8.71. The van der Waals surface area contributed by atoms with Crippen molar-refractivity contribution in [3.8, 4) is 0 Å². The van der Waals surface area contributed by atoms with Crippen LogP contribution in [0.2, 0.25) is 0 Å². The van der Waals surface area contributed by atoms with Crippen molar-refractivity contribution in [3.05, 3.63) is 29.3 Å². The Labute approximate surface area is 118 Å². The number of benzene rings is 1. The molecule has 0 saturated heterocycles. The summed E-state index contributed by atoms with van der Waals surface area (Å²) in [7, 11) is 0. The van der Waals surface area contributed by atoms with E-state index in [4.69, 9.17) is 0 Å². The highest BCUT2D eigenvalue weighted by molar-refractivity contribution is 7.18. The zero-order valence-electron chi connectivity index (χ0n) is 12.0. The maximum atomic E-state index is 10.5. The summed E-state index contributed by atoms with van der Waals surface area (Å²) in [6, 6.07) is 8.09. The van der Waals surface area contributed by atoms with Crippen LogP contribution in [0.4, 0.5) is 0 Å². The Hall–Kier alpha value is -0.970. The number of aromatic nitrogens is 1. The molecule has 0 aliphatic carbocycles. The van der Waals surface area contributed by atoms with Crippen LogP contribution in [0.25, 0.3) is 10.2 Å². The summed E-state index contributed by atoms with van der Waals surface area (Å²) in [5, 5.41) is 14.8. The monoisotopic (exact) mass is 278 g/mol. The Balaban J connectivity index is 2.06. The highest BCUT2D eigenvalue weighted by Crippen LogP contribution is 2.24. The lowest BCUT2D eigenvalue weighted by Gasteiger charge is -2.28. The largest absolute Gasteiger partial charge is 0.388 e. The van der Waals surface area contributed by atoms with E-state index in [9.17, 15) is 5.11 Å². The van der Waals surface area contributed by atoms with Gasteiger partial charge in [0.15, 0.2) is 0 Å². The summed E-state index contributed by atoms with van der Waals surface area (Å²) in [4.78, 5) is 4.57. The third-order valence-corrected chi connectivity index (χ3v) is 3.91. The summed E-state index contributed by atoms with van der Waals surface area (Å²) in [6.07, 6.45) is 0.579. The van der Waals surface area contributed by atoms with E-state index in [1.807, 2.05) is 25.1 Å².